The highest BCUT2D eigenvalue weighted by molar-refractivity contribution is 6.27. The molecule has 27 rings (SSSR count). The van der Waals surface area contributed by atoms with E-state index in [0.29, 0.717) is 41.0 Å². The second-order valence-electron chi connectivity index (χ2n) is 31.5. The molecular weight excluding hydrogens is 1500 g/mol. The van der Waals surface area contributed by atoms with Crippen LogP contribution in [0.15, 0.2) is 353 Å². The monoisotopic (exact) mass is 1550 g/mol. The van der Waals surface area contributed by atoms with Gasteiger partial charge < -0.3 is 0 Å². The van der Waals surface area contributed by atoms with Crippen molar-refractivity contribution in [2.24, 2.45) is 0 Å². The first-order chi connectivity index (χ1) is 60.5. The molecule has 562 valence electrons. The Bertz CT molecular complexity index is 9220. The first kappa shape index (κ1) is 66.2. The fraction of sp³-hybridized carbons (Fsp3) is 0. The smallest absolute Gasteiger partial charge is 0.235 e. The van der Waals surface area contributed by atoms with Crippen LogP contribution in [0.2, 0.25) is 0 Å². The predicted octanol–water partition coefficient (Wildman–Crippen LogP) is 25.0. The van der Waals surface area contributed by atoms with Crippen molar-refractivity contribution in [3.05, 3.63) is 353 Å². The maximum atomic E-state index is 5.65. The Hall–Kier alpha value is -17.0. The van der Waals surface area contributed by atoms with Gasteiger partial charge in [0, 0.05) is 124 Å². The second-order valence-corrected chi connectivity index (χ2v) is 31.5. The van der Waals surface area contributed by atoms with Crippen LogP contribution in [-0.2, 0) is 0 Å². The molecule has 0 N–H and O–H groups in total. The summed E-state index contributed by atoms with van der Waals surface area (Å²) >= 11 is 0. The van der Waals surface area contributed by atoms with Gasteiger partial charge in [-0.1, -0.05) is 237 Å². The van der Waals surface area contributed by atoms with Crippen LogP contribution in [0.1, 0.15) is 0 Å². The van der Waals surface area contributed by atoms with Gasteiger partial charge in [0.05, 0.1) is 44.1 Å². The molecule has 16 heteroatoms. The Kier molecular flexibility index (Phi) is 13.7. The van der Waals surface area contributed by atoms with Crippen molar-refractivity contribution in [3.63, 3.8) is 0 Å². The third-order valence-corrected chi connectivity index (χ3v) is 25.1. The minimum Gasteiger partial charge on any atom is -0.278 e. The van der Waals surface area contributed by atoms with E-state index in [1.807, 2.05) is 67.5 Å². The zero-order valence-electron chi connectivity index (χ0n) is 64.6. The molecule has 0 amide bonds. The Labute approximate surface area is 690 Å². The standard InChI is InChI=1S/C106H58N16/c1-2-21-60(22-3-1)101-107-54-85-77-49-62(64-42-47-94-80(51-64)76-31-13-19-37-92(76)122(94)106-110-56-83-68-25-7-6-24-67(68)82-55-109-103(116-98(82)99(83)117-106)119-87-32-14-8-26-71(87)72-27-9-15-33-88(72)119)41-45-70(77)84-57-111-105(115-97(84)96(85)113-101)121-91-36-18-12-30-75(91)79-52-65(43-46-93(79)121)63-40-44-69-78(50-63)86-58-112-104(120-89-34-16-10-28-73(89)74-29-11-17-35-90(74)120)118-100(86)95-81(69)53-108-102(114-95)66-39-38-59-20-4-5-23-61(59)48-66/h1-58H. The number of para-hydroxylation sites is 6. The van der Waals surface area contributed by atoms with E-state index in [1.165, 1.54) is 0 Å². The van der Waals surface area contributed by atoms with E-state index in [4.69, 9.17) is 59.8 Å². The van der Waals surface area contributed by atoms with E-state index in [9.17, 15) is 0 Å². The summed E-state index contributed by atoms with van der Waals surface area (Å²) < 4.78 is 8.70. The van der Waals surface area contributed by atoms with Crippen molar-refractivity contribution in [3.8, 4) is 68.8 Å². The highest BCUT2D eigenvalue weighted by atomic mass is 15.2. The van der Waals surface area contributed by atoms with Crippen molar-refractivity contribution < 1.29 is 0 Å². The summed E-state index contributed by atoms with van der Waals surface area (Å²) in [6, 6.07) is 111. The van der Waals surface area contributed by atoms with Crippen molar-refractivity contribution in [1.82, 2.24) is 78.1 Å². The summed E-state index contributed by atoms with van der Waals surface area (Å²) in [4.78, 5) is 64.4. The fourth-order valence-corrected chi connectivity index (χ4v) is 19.5. The largest absolute Gasteiger partial charge is 0.278 e. The van der Waals surface area contributed by atoms with Crippen molar-refractivity contribution in [2.75, 3.05) is 0 Å². The zero-order chi connectivity index (χ0) is 79.5. The lowest BCUT2D eigenvalue weighted by molar-refractivity contribution is 1.00. The van der Waals surface area contributed by atoms with E-state index in [-0.39, 0.29) is 0 Å². The Morgan fingerprint density at radius 2 is 0.410 bits per heavy atom. The van der Waals surface area contributed by atoms with Gasteiger partial charge >= 0.3 is 0 Å². The highest BCUT2D eigenvalue weighted by Crippen LogP contribution is 2.45. The number of nitrogens with zero attached hydrogens (tertiary/aromatic N) is 16. The molecule has 10 heterocycles. The summed E-state index contributed by atoms with van der Waals surface area (Å²) in [7, 11) is 0. The summed E-state index contributed by atoms with van der Waals surface area (Å²) in [5, 5.41) is 22.4. The first-order valence-corrected chi connectivity index (χ1v) is 40.7. The van der Waals surface area contributed by atoms with E-state index in [2.05, 4.69) is 303 Å². The number of rotatable bonds is 8. The van der Waals surface area contributed by atoms with Crippen LogP contribution >= 0.6 is 0 Å². The van der Waals surface area contributed by atoms with E-state index < -0.39 is 0 Å². The number of hydrogen-bond donors (Lipinski definition) is 0. The summed E-state index contributed by atoms with van der Waals surface area (Å²) in [6.45, 7) is 0. The van der Waals surface area contributed by atoms with E-state index in [1.54, 1.807) is 0 Å². The Balaban J connectivity index is 0.585. The minimum absolute atomic E-state index is 0.519. The molecule has 0 unspecified atom stereocenters. The molecule has 0 spiro atoms. The maximum absolute atomic E-state index is 5.65. The van der Waals surface area contributed by atoms with Gasteiger partial charge in [-0.3, -0.25) is 18.3 Å². The van der Waals surface area contributed by atoms with Crippen LogP contribution in [0.3, 0.4) is 0 Å². The fourth-order valence-electron chi connectivity index (χ4n) is 19.5. The minimum atomic E-state index is 0.519. The molecule has 10 aromatic heterocycles. The van der Waals surface area contributed by atoms with Crippen LogP contribution in [0.25, 0.3) is 265 Å². The average Bonchev–Trinajstić information content (AvgIpc) is 1.66. The molecule has 0 bridgehead atoms. The van der Waals surface area contributed by atoms with Gasteiger partial charge in [-0.05, 0) is 144 Å². The molecule has 0 fully saturated rings. The summed E-state index contributed by atoms with van der Waals surface area (Å²) in [6.07, 6.45) is 11.8. The molecule has 27 aromatic rings. The average molecular weight is 1560 g/mol. The van der Waals surface area contributed by atoms with Crippen LogP contribution in [0, 0.1) is 0 Å². The molecule has 0 aliphatic carbocycles. The maximum Gasteiger partial charge on any atom is 0.235 e. The van der Waals surface area contributed by atoms with Crippen LogP contribution in [0.5, 0.6) is 0 Å². The Morgan fingerprint density at radius 3 is 0.795 bits per heavy atom. The summed E-state index contributed by atoms with van der Waals surface area (Å²) in [5.41, 5.74) is 18.3. The van der Waals surface area contributed by atoms with Crippen molar-refractivity contribution >= 4 is 196 Å². The number of hydrogen-bond acceptors (Lipinski definition) is 12. The Morgan fingerprint density at radius 1 is 0.148 bits per heavy atom. The van der Waals surface area contributed by atoms with E-state index in [0.717, 1.165) is 224 Å². The number of aromatic nitrogens is 16. The molecule has 16 nitrogen and oxygen atoms in total. The lowest BCUT2D eigenvalue weighted by Gasteiger charge is -2.14. The van der Waals surface area contributed by atoms with Crippen molar-refractivity contribution in [1.29, 1.82) is 0 Å². The zero-order valence-corrected chi connectivity index (χ0v) is 64.6. The first-order valence-electron chi connectivity index (χ1n) is 40.7. The molecule has 0 saturated heterocycles. The third kappa shape index (κ3) is 9.61. The van der Waals surface area contributed by atoms with Gasteiger partial charge in [0.25, 0.3) is 0 Å². The molecule has 17 aromatic carbocycles. The molecule has 0 radical (unpaired) electrons. The van der Waals surface area contributed by atoms with Gasteiger partial charge in [-0.2, -0.15) is 0 Å². The van der Waals surface area contributed by atoms with Gasteiger partial charge in [0.2, 0.25) is 23.8 Å². The predicted molar refractivity (Wildman–Crippen MR) is 494 cm³/mol. The molecule has 0 aliphatic rings. The molecule has 0 saturated carbocycles. The normalized spacial score (nSPS) is 12.3. The SMILES string of the molecule is c1ccc(-c2ncc3c4cc(-c5ccc6c(c5)c5ccccc5n6-c5ncc6c7ccccc7c7cnc(-n8c9ccccc9c9ccccc98)nc7c6n5)ccc4c4cnc(-n5c6ccccc6c6cc(-c7ccc8c(c7)c7cnc(-n9c%10ccccc%10c%10ccccc%109)nc7c7nc(-c9ccc%10ccccc%10c9)ncc87)ccc65)nc4c3n2)cc1. The van der Waals surface area contributed by atoms with Crippen LogP contribution in [0.4, 0.5) is 0 Å². The second kappa shape index (κ2) is 25.3. The third-order valence-electron chi connectivity index (χ3n) is 25.1. The highest BCUT2D eigenvalue weighted by Gasteiger charge is 2.26. The van der Waals surface area contributed by atoms with Gasteiger partial charge in [0.1, 0.15) is 33.1 Å². The van der Waals surface area contributed by atoms with E-state index >= 15 is 0 Å². The molecular formula is C106H58N16. The lowest BCUT2D eigenvalue weighted by atomic mass is 9.96. The van der Waals surface area contributed by atoms with Crippen LogP contribution < -0.4 is 0 Å². The van der Waals surface area contributed by atoms with Gasteiger partial charge in [0.15, 0.2) is 11.6 Å². The van der Waals surface area contributed by atoms with Crippen LogP contribution in [-0.4, -0.2) is 78.1 Å². The molecule has 0 atom stereocenters. The number of benzene rings is 17. The van der Waals surface area contributed by atoms with Gasteiger partial charge in [-0.15, -0.1) is 0 Å². The quantitative estimate of drug-likeness (QED) is 0.132. The topological polar surface area (TPSA) is 174 Å². The summed E-state index contributed by atoms with van der Waals surface area (Å²) in [5.74, 6) is 3.41. The van der Waals surface area contributed by atoms with Crippen molar-refractivity contribution in [2.45, 2.75) is 0 Å². The molecule has 0 aliphatic heterocycles. The number of fused-ring (bicyclic) bond motifs is 31. The molecule has 122 heavy (non-hydrogen) atoms. The van der Waals surface area contributed by atoms with Gasteiger partial charge in [-0.25, -0.2) is 59.8 Å². The lowest BCUT2D eigenvalue weighted by Crippen LogP contribution is -2.04.